The van der Waals surface area contributed by atoms with Gasteiger partial charge >= 0.3 is 12.0 Å². The number of rotatable bonds is 7. The molecule has 0 aliphatic rings. The first-order valence-corrected chi connectivity index (χ1v) is 8.28. The summed E-state index contributed by atoms with van der Waals surface area (Å²) in [7, 11) is 0. The maximum atomic E-state index is 12.5. The number of hydrogen-bond acceptors (Lipinski definition) is 7. The Hall–Kier alpha value is -3.56. The topological polar surface area (TPSA) is 128 Å². The second-order valence-corrected chi connectivity index (χ2v) is 5.46. The molecule has 142 valence electrons. The number of carbonyl (C=O) groups excluding carboxylic acids is 3. The molecule has 2 rings (SSSR count). The lowest BCUT2D eigenvalue weighted by molar-refractivity contribution is -0.142. The van der Waals surface area contributed by atoms with Gasteiger partial charge in [-0.2, -0.15) is 4.68 Å². The monoisotopic (exact) mass is 372 g/mol. The van der Waals surface area contributed by atoms with Crippen molar-refractivity contribution in [2.24, 2.45) is 0 Å². The summed E-state index contributed by atoms with van der Waals surface area (Å²) in [6.45, 7) is 3.31. The van der Waals surface area contributed by atoms with E-state index in [9.17, 15) is 14.4 Å². The molecule has 2 aromatic rings. The summed E-state index contributed by atoms with van der Waals surface area (Å²) < 4.78 is 6.22. The SMILES string of the molecule is CCCNC(=O)NC(=O)COC(=O)/C(=C/c1ccccc1)n1nnnc1C. The fourth-order valence-electron chi connectivity index (χ4n) is 2.02. The standard InChI is InChI=1S/C17H20N6O4/c1-3-9-18-17(26)19-15(24)11-27-16(25)14(23-12(2)20-21-22-23)10-13-7-5-4-6-8-13/h4-8,10H,3,9,11H2,1-2H3,(H2,18,19,24,26)/b14-10-. The highest BCUT2D eigenvalue weighted by molar-refractivity contribution is 6.15. The molecule has 0 atom stereocenters. The van der Waals surface area contributed by atoms with Crippen LogP contribution in [0.4, 0.5) is 4.79 Å². The summed E-state index contributed by atoms with van der Waals surface area (Å²) in [6.07, 6.45) is 2.27. The van der Waals surface area contributed by atoms with Crippen LogP contribution in [0.15, 0.2) is 30.3 Å². The van der Waals surface area contributed by atoms with Crippen molar-refractivity contribution in [3.05, 3.63) is 41.7 Å². The molecule has 1 aromatic heterocycles. The molecule has 10 heteroatoms. The first-order valence-electron chi connectivity index (χ1n) is 8.28. The van der Waals surface area contributed by atoms with Crippen molar-refractivity contribution in [3.63, 3.8) is 0 Å². The van der Waals surface area contributed by atoms with Gasteiger partial charge in [0.15, 0.2) is 18.1 Å². The Morgan fingerprint density at radius 1 is 1.22 bits per heavy atom. The van der Waals surface area contributed by atoms with E-state index in [1.807, 2.05) is 25.1 Å². The van der Waals surface area contributed by atoms with Crippen LogP contribution < -0.4 is 10.6 Å². The minimum absolute atomic E-state index is 0.0342. The molecule has 0 aliphatic carbocycles. The van der Waals surface area contributed by atoms with Crippen molar-refractivity contribution < 1.29 is 19.1 Å². The number of tetrazole rings is 1. The van der Waals surface area contributed by atoms with E-state index in [1.165, 1.54) is 10.8 Å². The lowest BCUT2D eigenvalue weighted by Crippen LogP contribution is -2.41. The summed E-state index contributed by atoms with van der Waals surface area (Å²) in [4.78, 5) is 35.7. The summed E-state index contributed by atoms with van der Waals surface area (Å²) in [5.41, 5.74) is 0.759. The molecule has 3 amide bonds. The maximum absolute atomic E-state index is 12.5. The van der Waals surface area contributed by atoms with Crippen LogP contribution in [0.5, 0.6) is 0 Å². The zero-order chi connectivity index (χ0) is 19.6. The quantitative estimate of drug-likeness (QED) is 0.542. The normalized spacial score (nSPS) is 11.0. The predicted octanol–water partition coefficient (Wildman–Crippen LogP) is 0.759. The third kappa shape index (κ3) is 6.03. The van der Waals surface area contributed by atoms with Crippen molar-refractivity contribution in [1.82, 2.24) is 30.8 Å². The number of nitrogens with zero attached hydrogens (tertiary/aromatic N) is 4. The van der Waals surface area contributed by atoms with E-state index in [0.717, 1.165) is 12.0 Å². The highest BCUT2D eigenvalue weighted by Crippen LogP contribution is 2.13. The number of benzene rings is 1. The van der Waals surface area contributed by atoms with E-state index < -0.39 is 24.5 Å². The van der Waals surface area contributed by atoms with E-state index in [0.29, 0.717) is 12.4 Å². The average Bonchev–Trinajstić information content (AvgIpc) is 3.09. The van der Waals surface area contributed by atoms with Crippen LogP contribution in [-0.2, 0) is 14.3 Å². The van der Waals surface area contributed by atoms with Gasteiger partial charge in [-0.15, -0.1) is 5.10 Å². The third-order valence-corrected chi connectivity index (χ3v) is 3.29. The van der Waals surface area contributed by atoms with Crippen LogP contribution >= 0.6 is 0 Å². The van der Waals surface area contributed by atoms with Gasteiger partial charge in [0.25, 0.3) is 5.91 Å². The minimum atomic E-state index is -0.807. The van der Waals surface area contributed by atoms with Gasteiger partial charge in [0.1, 0.15) is 0 Å². The maximum Gasteiger partial charge on any atom is 0.357 e. The van der Waals surface area contributed by atoms with Crippen LogP contribution in [0.3, 0.4) is 0 Å². The molecule has 1 heterocycles. The summed E-state index contributed by atoms with van der Waals surface area (Å²) in [6, 6.07) is 8.39. The van der Waals surface area contributed by atoms with E-state index in [1.54, 1.807) is 19.1 Å². The van der Waals surface area contributed by atoms with Crippen LogP contribution in [-0.4, -0.2) is 51.3 Å². The highest BCUT2D eigenvalue weighted by atomic mass is 16.5. The van der Waals surface area contributed by atoms with Gasteiger partial charge in [-0.25, -0.2) is 9.59 Å². The Balaban J connectivity index is 2.07. The third-order valence-electron chi connectivity index (χ3n) is 3.29. The molecule has 27 heavy (non-hydrogen) atoms. The Morgan fingerprint density at radius 3 is 2.59 bits per heavy atom. The molecule has 0 fully saturated rings. The minimum Gasteiger partial charge on any atom is -0.451 e. The van der Waals surface area contributed by atoms with Crippen molar-refractivity contribution >= 4 is 29.7 Å². The first kappa shape index (κ1) is 19.8. The zero-order valence-corrected chi connectivity index (χ0v) is 15.0. The number of hydrogen-bond donors (Lipinski definition) is 2. The van der Waals surface area contributed by atoms with Gasteiger partial charge < -0.3 is 10.1 Å². The number of esters is 1. The molecule has 1 aromatic carbocycles. The first-order chi connectivity index (χ1) is 13.0. The number of ether oxygens (including phenoxy) is 1. The number of nitrogens with one attached hydrogen (secondary N) is 2. The van der Waals surface area contributed by atoms with Crippen LogP contribution in [0.2, 0.25) is 0 Å². The Morgan fingerprint density at radius 2 is 1.96 bits per heavy atom. The summed E-state index contributed by atoms with van der Waals surface area (Å²) >= 11 is 0. The summed E-state index contributed by atoms with van der Waals surface area (Å²) in [5, 5.41) is 15.6. The van der Waals surface area contributed by atoms with Gasteiger partial charge in [0, 0.05) is 6.54 Å². The molecule has 0 saturated heterocycles. The highest BCUT2D eigenvalue weighted by Gasteiger charge is 2.19. The number of urea groups is 1. The number of aryl methyl sites for hydroxylation is 1. The fourth-order valence-corrected chi connectivity index (χ4v) is 2.02. The van der Waals surface area contributed by atoms with Gasteiger partial charge in [0.05, 0.1) is 0 Å². The van der Waals surface area contributed by atoms with Crippen LogP contribution in [0.25, 0.3) is 11.8 Å². The molecular weight excluding hydrogens is 352 g/mol. The second-order valence-electron chi connectivity index (χ2n) is 5.46. The predicted molar refractivity (Wildman–Crippen MR) is 96.0 cm³/mol. The van der Waals surface area contributed by atoms with E-state index >= 15 is 0 Å². The Labute approximate surface area is 155 Å². The Kier molecular flexibility index (Phi) is 7.17. The fraction of sp³-hybridized carbons (Fsp3) is 0.294. The Bertz CT molecular complexity index is 831. The molecule has 0 saturated carbocycles. The number of amides is 3. The van der Waals surface area contributed by atoms with E-state index in [-0.39, 0.29) is 5.70 Å². The van der Waals surface area contributed by atoms with Gasteiger partial charge in [-0.05, 0) is 35.4 Å². The largest absolute Gasteiger partial charge is 0.451 e. The zero-order valence-electron chi connectivity index (χ0n) is 15.0. The molecular formula is C17H20N6O4. The van der Waals surface area contributed by atoms with Crippen LogP contribution in [0, 0.1) is 6.92 Å². The average molecular weight is 372 g/mol. The van der Waals surface area contributed by atoms with Gasteiger partial charge in [-0.3, -0.25) is 10.1 Å². The smallest absolute Gasteiger partial charge is 0.357 e. The second kappa shape index (κ2) is 9.80. The van der Waals surface area contributed by atoms with Crippen LogP contribution in [0.1, 0.15) is 24.7 Å². The molecule has 10 nitrogen and oxygen atoms in total. The van der Waals surface area contributed by atoms with Gasteiger partial charge in [0.2, 0.25) is 0 Å². The molecule has 0 radical (unpaired) electrons. The molecule has 0 spiro atoms. The molecule has 0 bridgehead atoms. The van der Waals surface area contributed by atoms with Crippen molar-refractivity contribution in [3.8, 4) is 0 Å². The van der Waals surface area contributed by atoms with E-state index in [4.69, 9.17) is 4.74 Å². The number of carbonyl (C=O) groups is 3. The van der Waals surface area contributed by atoms with E-state index in [2.05, 4.69) is 26.2 Å². The lowest BCUT2D eigenvalue weighted by atomic mass is 10.2. The van der Waals surface area contributed by atoms with Crippen molar-refractivity contribution in [1.29, 1.82) is 0 Å². The lowest BCUT2D eigenvalue weighted by Gasteiger charge is -2.09. The molecule has 0 unspecified atom stereocenters. The summed E-state index contributed by atoms with van der Waals surface area (Å²) in [5.74, 6) is -1.18. The number of imide groups is 1. The van der Waals surface area contributed by atoms with Gasteiger partial charge in [-0.1, -0.05) is 37.3 Å². The molecule has 0 aliphatic heterocycles. The van der Waals surface area contributed by atoms with Crippen molar-refractivity contribution in [2.45, 2.75) is 20.3 Å². The van der Waals surface area contributed by atoms with Crippen molar-refractivity contribution in [2.75, 3.05) is 13.2 Å². The number of aromatic nitrogens is 4. The molecule has 2 N–H and O–H groups in total.